The van der Waals surface area contributed by atoms with Gasteiger partial charge in [0.2, 0.25) is 5.95 Å². The number of nitrogens with two attached hydrogens (primary N) is 2. The summed E-state index contributed by atoms with van der Waals surface area (Å²) in [7, 11) is 0. The number of rotatable bonds is 4. The van der Waals surface area contributed by atoms with Gasteiger partial charge in [0.1, 0.15) is 28.9 Å². The van der Waals surface area contributed by atoms with Gasteiger partial charge in [-0.2, -0.15) is 10.2 Å². The molecule has 0 amide bonds. The lowest BCUT2D eigenvalue weighted by atomic mass is 10.0. The van der Waals surface area contributed by atoms with Gasteiger partial charge in [0.15, 0.2) is 0 Å². The third-order valence-corrected chi connectivity index (χ3v) is 3.98. The summed E-state index contributed by atoms with van der Waals surface area (Å²) < 4.78 is 5.86. The van der Waals surface area contributed by atoms with Gasteiger partial charge < -0.3 is 16.2 Å². The molecular weight excluding hydrogens is 326 g/mol. The molecule has 2 aromatic carbocycles. The summed E-state index contributed by atoms with van der Waals surface area (Å²) in [5.41, 5.74) is 14.0. The minimum Gasteiger partial charge on any atom is -0.457 e. The Balaban J connectivity index is 1.84. The fourth-order valence-corrected chi connectivity index (χ4v) is 2.55. The van der Waals surface area contributed by atoms with E-state index < -0.39 is 0 Å². The minimum absolute atomic E-state index is 0.0297. The van der Waals surface area contributed by atoms with Crippen molar-refractivity contribution in [3.05, 3.63) is 59.7 Å². The van der Waals surface area contributed by atoms with E-state index in [1.54, 1.807) is 24.3 Å². The largest absolute Gasteiger partial charge is 0.457 e. The third-order valence-electron chi connectivity index (χ3n) is 3.98. The van der Waals surface area contributed by atoms with E-state index in [0.717, 1.165) is 5.75 Å². The van der Waals surface area contributed by atoms with Crippen LogP contribution in [0, 0.1) is 11.3 Å². The highest BCUT2D eigenvalue weighted by molar-refractivity contribution is 5.73. The number of nitrogen functional groups attached to an aromatic ring is 2. The zero-order valence-electron chi connectivity index (χ0n) is 14.6. The predicted molar refractivity (Wildman–Crippen MR) is 102 cm³/mol. The van der Waals surface area contributed by atoms with E-state index >= 15 is 0 Å². The van der Waals surface area contributed by atoms with Crippen LogP contribution in [0.15, 0.2) is 48.5 Å². The number of nitriles is 1. The lowest BCUT2D eigenvalue weighted by Crippen LogP contribution is -2.04. The van der Waals surface area contributed by atoms with Crippen molar-refractivity contribution in [2.24, 2.45) is 0 Å². The molecule has 6 heteroatoms. The van der Waals surface area contributed by atoms with Crippen molar-refractivity contribution in [1.82, 2.24) is 9.97 Å². The zero-order valence-corrected chi connectivity index (χ0v) is 14.6. The molecule has 1 heterocycles. The van der Waals surface area contributed by atoms with Crippen molar-refractivity contribution in [2.45, 2.75) is 19.8 Å². The molecule has 0 aliphatic carbocycles. The molecule has 130 valence electrons. The van der Waals surface area contributed by atoms with Crippen LogP contribution in [0.3, 0.4) is 0 Å². The van der Waals surface area contributed by atoms with E-state index in [1.165, 1.54) is 5.56 Å². The molecule has 3 aromatic rings. The summed E-state index contributed by atoms with van der Waals surface area (Å²) in [5, 5.41) is 9.29. The molecule has 0 bridgehead atoms. The first kappa shape index (κ1) is 17.2. The molecule has 3 rings (SSSR count). The summed E-state index contributed by atoms with van der Waals surface area (Å²) in [6.45, 7) is 4.30. The molecule has 0 saturated heterocycles. The molecule has 4 N–H and O–H groups in total. The van der Waals surface area contributed by atoms with Gasteiger partial charge in [0, 0.05) is 5.56 Å². The molecule has 0 aliphatic heterocycles. The van der Waals surface area contributed by atoms with E-state index in [-0.39, 0.29) is 17.3 Å². The summed E-state index contributed by atoms with van der Waals surface area (Å²) in [6, 6.07) is 17.3. The molecule has 0 aliphatic rings. The summed E-state index contributed by atoms with van der Waals surface area (Å²) in [4.78, 5) is 7.96. The Labute approximate surface area is 152 Å². The second kappa shape index (κ2) is 7.11. The first-order valence-electron chi connectivity index (χ1n) is 8.19. The lowest BCUT2D eigenvalue weighted by Gasteiger charge is -2.10. The number of nitrogens with zero attached hydrogens (tertiary/aromatic N) is 3. The summed E-state index contributed by atoms with van der Waals surface area (Å²) >= 11 is 0. The van der Waals surface area contributed by atoms with E-state index in [1.807, 2.05) is 18.2 Å². The molecule has 0 spiro atoms. The highest BCUT2D eigenvalue weighted by Crippen LogP contribution is 2.29. The first-order chi connectivity index (χ1) is 12.5. The van der Waals surface area contributed by atoms with Gasteiger partial charge in [0.25, 0.3) is 0 Å². The van der Waals surface area contributed by atoms with Crippen molar-refractivity contribution in [1.29, 1.82) is 5.26 Å². The molecule has 0 unspecified atom stereocenters. The number of ether oxygens (including phenoxy) is 1. The minimum atomic E-state index is 0.0297. The van der Waals surface area contributed by atoms with Crippen molar-refractivity contribution in [3.8, 4) is 28.8 Å². The molecule has 6 nitrogen and oxygen atoms in total. The molecule has 0 radical (unpaired) electrons. The van der Waals surface area contributed by atoms with Crippen molar-refractivity contribution >= 4 is 11.8 Å². The SMILES string of the molecule is CC(C)c1ccc(Oc2ccc(-c3nc(N)nc(N)c3C#N)cc2)cc1. The number of benzene rings is 2. The van der Waals surface area contributed by atoms with E-state index in [9.17, 15) is 5.26 Å². The molecule has 26 heavy (non-hydrogen) atoms. The summed E-state index contributed by atoms with van der Waals surface area (Å²) in [5.74, 6) is 2.02. The normalized spacial score (nSPS) is 10.5. The van der Waals surface area contributed by atoms with E-state index in [4.69, 9.17) is 16.2 Å². The van der Waals surface area contributed by atoms with Gasteiger partial charge in [-0.3, -0.25) is 0 Å². The van der Waals surface area contributed by atoms with Crippen LogP contribution in [0.25, 0.3) is 11.3 Å². The van der Waals surface area contributed by atoms with Gasteiger partial charge in [-0.25, -0.2) is 4.98 Å². The number of hydrogen-bond donors (Lipinski definition) is 2. The Hall–Kier alpha value is -3.59. The molecule has 0 fully saturated rings. The Morgan fingerprint density at radius 1 is 0.923 bits per heavy atom. The van der Waals surface area contributed by atoms with Crippen molar-refractivity contribution in [2.75, 3.05) is 11.5 Å². The van der Waals surface area contributed by atoms with Crippen LogP contribution in [-0.2, 0) is 0 Å². The fourth-order valence-electron chi connectivity index (χ4n) is 2.55. The first-order valence-corrected chi connectivity index (χ1v) is 8.19. The van der Waals surface area contributed by atoms with Crippen molar-refractivity contribution < 1.29 is 4.74 Å². The Kier molecular flexibility index (Phi) is 4.72. The quantitative estimate of drug-likeness (QED) is 0.736. The molecular formula is C20H19N5O. The second-order valence-electron chi connectivity index (χ2n) is 6.15. The van der Waals surface area contributed by atoms with Gasteiger partial charge in [-0.05, 0) is 47.9 Å². The predicted octanol–water partition coefficient (Wildman–Crippen LogP) is 4.10. The van der Waals surface area contributed by atoms with Crippen LogP contribution in [0.2, 0.25) is 0 Å². The zero-order chi connectivity index (χ0) is 18.7. The number of hydrogen-bond acceptors (Lipinski definition) is 6. The Morgan fingerprint density at radius 3 is 2.04 bits per heavy atom. The number of anilines is 2. The average Bonchev–Trinajstić information content (AvgIpc) is 2.62. The smallest absolute Gasteiger partial charge is 0.222 e. The Morgan fingerprint density at radius 2 is 1.50 bits per heavy atom. The fraction of sp³-hybridized carbons (Fsp3) is 0.150. The van der Waals surface area contributed by atoms with E-state index in [0.29, 0.717) is 22.9 Å². The lowest BCUT2D eigenvalue weighted by molar-refractivity contribution is 0.482. The third kappa shape index (κ3) is 3.57. The highest BCUT2D eigenvalue weighted by Gasteiger charge is 2.13. The van der Waals surface area contributed by atoms with Gasteiger partial charge >= 0.3 is 0 Å². The molecule has 1 aromatic heterocycles. The molecule has 0 saturated carbocycles. The maximum absolute atomic E-state index is 9.29. The van der Waals surface area contributed by atoms with Gasteiger partial charge in [-0.15, -0.1) is 0 Å². The van der Waals surface area contributed by atoms with Crippen LogP contribution in [0.5, 0.6) is 11.5 Å². The van der Waals surface area contributed by atoms with Gasteiger partial charge in [0.05, 0.1) is 5.69 Å². The van der Waals surface area contributed by atoms with Crippen molar-refractivity contribution in [3.63, 3.8) is 0 Å². The van der Waals surface area contributed by atoms with Gasteiger partial charge in [-0.1, -0.05) is 26.0 Å². The van der Waals surface area contributed by atoms with Crippen LogP contribution in [-0.4, -0.2) is 9.97 Å². The Bertz CT molecular complexity index is 957. The molecule has 0 atom stereocenters. The van der Waals surface area contributed by atoms with Crippen LogP contribution in [0.1, 0.15) is 30.9 Å². The van der Waals surface area contributed by atoms with E-state index in [2.05, 4.69) is 35.9 Å². The van der Waals surface area contributed by atoms with Crippen LogP contribution in [0.4, 0.5) is 11.8 Å². The second-order valence-corrected chi connectivity index (χ2v) is 6.15. The highest BCUT2D eigenvalue weighted by atomic mass is 16.5. The monoisotopic (exact) mass is 345 g/mol. The van der Waals surface area contributed by atoms with Crippen LogP contribution >= 0.6 is 0 Å². The maximum Gasteiger partial charge on any atom is 0.222 e. The standard InChI is InChI=1S/C20H19N5O/c1-12(2)13-3-7-15(8-4-13)26-16-9-5-14(6-10-16)18-17(11-21)19(22)25-20(23)24-18/h3-10,12H,1-2H3,(H4,22,23,24,25). The number of aromatic nitrogens is 2. The maximum atomic E-state index is 9.29. The summed E-state index contributed by atoms with van der Waals surface area (Å²) in [6.07, 6.45) is 0. The van der Waals surface area contributed by atoms with Crippen LogP contribution < -0.4 is 16.2 Å². The average molecular weight is 345 g/mol. The topological polar surface area (TPSA) is 111 Å².